The van der Waals surface area contributed by atoms with Crippen LogP contribution in [0.5, 0.6) is 0 Å². The normalized spacial score (nSPS) is 15.8. The maximum absolute atomic E-state index is 4.78. The molecule has 100 valence electrons. The molecule has 1 aromatic rings. The van der Waals surface area contributed by atoms with Gasteiger partial charge in [-0.3, -0.25) is 0 Å². The van der Waals surface area contributed by atoms with Gasteiger partial charge in [-0.15, -0.1) is 0 Å². The van der Waals surface area contributed by atoms with Crippen LogP contribution in [0, 0.1) is 0 Å². The first-order chi connectivity index (χ1) is 8.43. The molecule has 0 saturated heterocycles. The summed E-state index contributed by atoms with van der Waals surface area (Å²) in [6.07, 6.45) is 3.61. The molecule has 1 heterocycles. The summed E-state index contributed by atoms with van der Waals surface area (Å²) < 4.78 is 1.06. The number of halogens is 1. The van der Waals surface area contributed by atoms with E-state index in [1.807, 2.05) is 0 Å². The largest absolute Gasteiger partial charge is 0.369 e. The third kappa shape index (κ3) is 3.02. The van der Waals surface area contributed by atoms with Crippen LogP contribution in [-0.4, -0.2) is 16.5 Å². The highest BCUT2D eigenvalue weighted by Gasteiger charge is 2.31. The lowest BCUT2D eigenvalue weighted by molar-refractivity contribution is 0.541. The van der Waals surface area contributed by atoms with Gasteiger partial charge in [0.1, 0.15) is 11.6 Å². The van der Waals surface area contributed by atoms with E-state index in [1.54, 1.807) is 0 Å². The zero-order valence-electron chi connectivity index (χ0n) is 11.7. The van der Waals surface area contributed by atoms with E-state index in [9.17, 15) is 0 Å². The first kappa shape index (κ1) is 13.8. The van der Waals surface area contributed by atoms with Crippen molar-refractivity contribution >= 4 is 21.7 Å². The Labute approximate surface area is 118 Å². The molecule has 1 fully saturated rings. The van der Waals surface area contributed by atoms with E-state index in [1.165, 1.54) is 18.5 Å². The van der Waals surface area contributed by atoms with Gasteiger partial charge in [0.2, 0.25) is 0 Å². The minimum absolute atomic E-state index is 0.00696. The van der Waals surface area contributed by atoms with Gasteiger partial charge in [0.25, 0.3) is 0 Å². The molecular formula is C14H22BrN3. The first-order valence-electron chi connectivity index (χ1n) is 6.75. The standard InChI is InChI=1S/C14H22BrN3/c1-5-8-16-12-10(15)11(9-6-7-9)17-13(18-12)14(2,3)4/h9H,5-8H2,1-4H3,(H,16,17,18). The second-order valence-electron chi connectivity index (χ2n) is 6.05. The fourth-order valence-electron chi connectivity index (χ4n) is 1.79. The molecule has 0 amide bonds. The molecule has 0 atom stereocenters. The Bertz CT molecular complexity index is 433. The zero-order chi connectivity index (χ0) is 13.3. The summed E-state index contributed by atoms with van der Waals surface area (Å²) in [6.45, 7) is 9.60. The molecule has 0 aromatic carbocycles. The van der Waals surface area contributed by atoms with Crippen LogP contribution in [0.25, 0.3) is 0 Å². The Hall–Kier alpha value is -0.640. The van der Waals surface area contributed by atoms with Crippen molar-refractivity contribution in [2.75, 3.05) is 11.9 Å². The highest BCUT2D eigenvalue weighted by atomic mass is 79.9. The van der Waals surface area contributed by atoms with Gasteiger partial charge in [-0.1, -0.05) is 27.7 Å². The van der Waals surface area contributed by atoms with Crippen LogP contribution in [0.3, 0.4) is 0 Å². The smallest absolute Gasteiger partial charge is 0.144 e. The molecule has 1 aromatic heterocycles. The quantitative estimate of drug-likeness (QED) is 0.904. The predicted octanol–water partition coefficient (Wildman–Crippen LogP) is 4.24. The SMILES string of the molecule is CCCNc1nc(C(C)(C)C)nc(C2CC2)c1Br. The average Bonchev–Trinajstić information content (AvgIpc) is 3.10. The first-order valence-corrected chi connectivity index (χ1v) is 7.54. The van der Waals surface area contributed by atoms with Gasteiger partial charge in [0.15, 0.2) is 0 Å². The van der Waals surface area contributed by atoms with Crippen LogP contribution in [0.2, 0.25) is 0 Å². The van der Waals surface area contributed by atoms with Crippen molar-refractivity contribution in [2.24, 2.45) is 0 Å². The summed E-state index contributed by atoms with van der Waals surface area (Å²) in [5, 5.41) is 3.40. The summed E-state index contributed by atoms with van der Waals surface area (Å²) in [6, 6.07) is 0. The predicted molar refractivity (Wildman–Crippen MR) is 79.2 cm³/mol. The lowest BCUT2D eigenvalue weighted by Gasteiger charge is -2.20. The summed E-state index contributed by atoms with van der Waals surface area (Å²) in [5.74, 6) is 2.52. The van der Waals surface area contributed by atoms with Crippen LogP contribution in [0.1, 0.15) is 64.4 Å². The lowest BCUT2D eigenvalue weighted by Crippen LogP contribution is -2.19. The molecule has 1 saturated carbocycles. The third-order valence-electron chi connectivity index (χ3n) is 3.05. The van der Waals surface area contributed by atoms with Gasteiger partial charge in [-0.2, -0.15) is 0 Å². The molecule has 0 unspecified atom stereocenters. The van der Waals surface area contributed by atoms with Crippen LogP contribution < -0.4 is 5.32 Å². The summed E-state index contributed by atoms with van der Waals surface area (Å²) >= 11 is 3.67. The highest BCUT2D eigenvalue weighted by molar-refractivity contribution is 9.10. The van der Waals surface area contributed by atoms with Gasteiger partial charge in [0, 0.05) is 17.9 Å². The van der Waals surface area contributed by atoms with Crippen LogP contribution in [0.4, 0.5) is 5.82 Å². The van der Waals surface area contributed by atoms with Crippen molar-refractivity contribution in [1.29, 1.82) is 0 Å². The second-order valence-corrected chi connectivity index (χ2v) is 6.84. The molecule has 3 nitrogen and oxygen atoms in total. The molecule has 2 rings (SSSR count). The molecule has 0 bridgehead atoms. The van der Waals surface area contributed by atoms with Gasteiger partial charge >= 0.3 is 0 Å². The Morgan fingerprint density at radius 2 is 1.94 bits per heavy atom. The van der Waals surface area contributed by atoms with E-state index in [2.05, 4.69) is 53.9 Å². The van der Waals surface area contributed by atoms with Crippen LogP contribution in [-0.2, 0) is 5.41 Å². The van der Waals surface area contributed by atoms with E-state index in [4.69, 9.17) is 4.98 Å². The van der Waals surface area contributed by atoms with Gasteiger partial charge in [0.05, 0.1) is 10.2 Å². The average molecular weight is 312 g/mol. The van der Waals surface area contributed by atoms with Crippen molar-refractivity contribution in [2.45, 2.75) is 58.3 Å². The monoisotopic (exact) mass is 311 g/mol. The number of hydrogen-bond donors (Lipinski definition) is 1. The topological polar surface area (TPSA) is 37.8 Å². The van der Waals surface area contributed by atoms with Crippen molar-refractivity contribution in [3.8, 4) is 0 Å². The summed E-state index contributed by atoms with van der Waals surface area (Å²) in [5.41, 5.74) is 1.18. The summed E-state index contributed by atoms with van der Waals surface area (Å²) in [4.78, 5) is 9.46. The minimum atomic E-state index is -0.00696. The molecule has 0 aliphatic heterocycles. The fourth-order valence-corrected chi connectivity index (χ4v) is 2.43. The number of rotatable bonds is 4. The minimum Gasteiger partial charge on any atom is -0.369 e. The number of anilines is 1. The fraction of sp³-hybridized carbons (Fsp3) is 0.714. The van der Waals surface area contributed by atoms with E-state index < -0.39 is 0 Å². The van der Waals surface area contributed by atoms with Gasteiger partial charge in [-0.25, -0.2) is 9.97 Å². The maximum atomic E-state index is 4.78. The maximum Gasteiger partial charge on any atom is 0.144 e. The molecule has 1 N–H and O–H groups in total. The van der Waals surface area contributed by atoms with Crippen molar-refractivity contribution < 1.29 is 0 Å². The number of hydrogen-bond acceptors (Lipinski definition) is 3. The van der Waals surface area contributed by atoms with Crippen molar-refractivity contribution in [1.82, 2.24) is 9.97 Å². The lowest BCUT2D eigenvalue weighted by atomic mass is 9.95. The highest BCUT2D eigenvalue weighted by Crippen LogP contribution is 2.44. The molecule has 0 spiro atoms. The van der Waals surface area contributed by atoms with Crippen LogP contribution >= 0.6 is 15.9 Å². The van der Waals surface area contributed by atoms with E-state index in [-0.39, 0.29) is 5.41 Å². The number of nitrogens with zero attached hydrogens (tertiary/aromatic N) is 2. The Balaban J connectivity index is 2.40. The Morgan fingerprint density at radius 3 is 2.44 bits per heavy atom. The van der Waals surface area contributed by atoms with Crippen molar-refractivity contribution in [3.63, 3.8) is 0 Å². The van der Waals surface area contributed by atoms with Gasteiger partial charge < -0.3 is 5.32 Å². The second kappa shape index (κ2) is 5.16. The van der Waals surface area contributed by atoms with Crippen LogP contribution in [0.15, 0.2) is 4.47 Å². The molecule has 18 heavy (non-hydrogen) atoms. The number of aromatic nitrogens is 2. The molecule has 0 radical (unpaired) electrons. The zero-order valence-corrected chi connectivity index (χ0v) is 13.3. The molecule has 1 aliphatic carbocycles. The Morgan fingerprint density at radius 1 is 1.28 bits per heavy atom. The Kier molecular flexibility index (Phi) is 3.95. The van der Waals surface area contributed by atoms with E-state index in [0.717, 1.165) is 29.1 Å². The van der Waals surface area contributed by atoms with Gasteiger partial charge in [-0.05, 0) is 35.2 Å². The molecule has 4 heteroatoms. The van der Waals surface area contributed by atoms with E-state index in [0.29, 0.717) is 5.92 Å². The summed E-state index contributed by atoms with van der Waals surface area (Å²) in [7, 11) is 0. The third-order valence-corrected chi connectivity index (χ3v) is 3.84. The molecular weight excluding hydrogens is 290 g/mol. The molecule has 1 aliphatic rings. The number of nitrogens with one attached hydrogen (secondary N) is 1. The van der Waals surface area contributed by atoms with Crippen molar-refractivity contribution in [3.05, 3.63) is 16.0 Å². The van der Waals surface area contributed by atoms with E-state index >= 15 is 0 Å².